The molecule has 1 heterocycles. The van der Waals surface area contributed by atoms with Crippen molar-refractivity contribution in [3.63, 3.8) is 0 Å². The lowest BCUT2D eigenvalue weighted by atomic mass is 10.0. The fourth-order valence-corrected chi connectivity index (χ4v) is 2.03. The lowest BCUT2D eigenvalue weighted by Gasteiger charge is -2.34. The van der Waals surface area contributed by atoms with Crippen LogP contribution in [0.2, 0.25) is 0 Å². The second kappa shape index (κ2) is 5.72. The van der Waals surface area contributed by atoms with E-state index in [4.69, 9.17) is 0 Å². The summed E-state index contributed by atoms with van der Waals surface area (Å²) in [5.74, 6) is 0.776. The molecule has 0 aromatic carbocycles. The molecule has 1 N–H and O–H groups in total. The summed E-state index contributed by atoms with van der Waals surface area (Å²) >= 11 is 0. The molecule has 1 aliphatic rings. The highest BCUT2D eigenvalue weighted by Crippen LogP contribution is 2.13. The molecule has 0 aliphatic carbocycles. The summed E-state index contributed by atoms with van der Waals surface area (Å²) in [7, 11) is 0. The summed E-state index contributed by atoms with van der Waals surface area (Å²) in [5.41, 5.74) is 0. The van der Waals surface area contributed by atoms with Crippen molar-refractivity contribution in [1.29, 1.82) is 0 Å². The van der Waals surface area contributed by atoms with Gasteiger partial charge >= 0.3 is 0 Å². The van der Waals surface area contributed by atoms with Crippen molar-refractivity contribution < 1.29 is 0 Å². The standard InChI is InChI=1S/C12H26N2/c1-10(2)12(4)14-8-5-7-13-11(3)6-9-14/h10-13H,5-9H2,1-4H3. The van der Waals surface area contributed by atoms with Crippen molar-refractivity contribution >= 4 is 0 Å². The number of hydrogen-bond acceptors (Lipinski definition) is 2. The van der Waals surface area contributed by atoms with Crippen LogP contribution in [0.15, 0.2) is 0 Å². The summed E-state index contributed by atoms with van der Waals surface area (Å²) < 4.78 is 0. The Balaban J connectivity index is 2.42. The van der Waals surface area contributed by atoms with Gasteiger partial charge in [0.1, 0.15) is 0 Å². The van der Waals surface area contributed by atoms with Crippen LogP contribution >= 0.6 is 0 Å². The predicted molar refractivity (Wildman–Crippen MR) is 62.6 cm³/mol. The first-order chi connectivity index (χ1) is 6.61. The summed E-state index contributed by atoms with van der Waals surface area (Å²) in [6.07, 6.45) is 2.58. The molecule has 2 atom stereocenters. The summed E-state index contributed by atoms with van der Waals surface area (Å²) in [6, 6.07) is 1.43. The number of rotatable bonds is 2. The average Bonchev–Trinajstić information content (AvgIpc) is 2.11. The fraction of sp³-hybridized carbons (Fsp3) is 1.00. The molecule has 2 nitrogen and oxygen atoms in total. The highest BCUT2D eigenvalue weighted by Gasteiger charge is 2.18. The van der Waals surface area contributed by atoms with Crippen LogP contribution in [0.3, 0.4) is 0 Å². The van der Waals surface area contributed by atoms with Gasteiger partial charge in [-0.25, -0.2) is 0 Å². The maximum Gasteiger partial charge on any atom is 0.00899 e. The molecule has 84 valence electrons. The summed E-state index contributed by atoms with van der Waals surface area (Å²) in [4.78, 5) is 2.65. The molecule has 0 aromatic rings. The molecular formula is C12H26N2. The molecule has 0 spiro atoms. The quantitative estimate of drug-likeness (QED) is 0.731. The summed E-state index contributed by atoms with van der Waals surface area (Å²) in [5, 5.41) is 3.55. The van der Waals surface area contributed by atoms with Gasteiger partial charge in [-0.2, -0.15) is 0 Å². The monoisotopic (exact) mass is 198 g/mol. The molecule has 0 amide bonds. The van der Waals surface area contributed by atoms with Gasteiger partial charge in [0, 0.05) is 12.1 Å². The molecular weight excluding hydrogens is 172 g/mol. The molecule has 0 bridgehead atoms. The number of nitrogens with one attached hydrogen (secondary N) is 1. The Morgan fingerprint density at radius 3 is 2.57 bits per heavy atom. The zero-order chi connectivity index (χ0) is 10.6. The van der Waals surface area contributed by atoms with Crippen LogP contribution in [0.4, 0.5) is 0 Å². The van der Waals surface area contributed by atoms with Gasteiger partial charge < -0.3 is 10.2 Å². The van der Waals surface area contributed by atoms with E-state index in [0.29, 0.717) is 6.04 Å². The smallest absolute Gasteiger partial charge is 0.00899 e. The van der Waals surface area contributed by atoms with Crippen molar-refractivity contribution in [2.45, 2.75) is 52.6 Å². The predicted octanol–water partition coefficient (Wildman–Crippen LogP) is 2.10. The van der Waals surface area contributed by atoms with Crippen LogP contribution in [0.5, 0.6) is 0 Å². The highest BCUT2D eigenvalue weighted by atomic mass is 15.2. The Morgan fingerprint density at radius 1 is 1.21 bits per heavy atom. The Hall–Kier alpha value is -0.0800. The van der Waals surface area contributed by atoms with Gasteiger partial charge in [-0.05, 0) is 52.2 Å². The van der Waals surface area contributed by atoms with E-state index >= 15 is 0 Å². The van der Waals surface area contributed by atoms with E-state index in [0.717, 1.165) is 12.0 Å². The van der Waals surface area contributed by atoms with E-state index in [9.17, 15) is 0 Å². The topological polar surface area (TPSA) is 15.3 Å². The second-order valence-electron chi connectivity index (χ2n) is 5.02. The third-order valence-electron chi connectivity index (χ3n) is 3.51. The number of hydrogen-bond donors (Lipinski definition) is 1. The first-order valence-electron chi connectivity index (χ1n) is 6.08. The Morgan fingerprint density at radius 2 is 1.93 bits per heavy atom. The van der Waals surface area contributed by atoms with E-state index < -0.39 is 0 Å². The van der Waals surface area contributed by atoms with Crippen molar-refractivity contribution in [3.05, 3.63) is 0 Å². The SMILES string of the molecule is CC1CCN(C(C)C(C)C)CCCN1. The van der Waals surface area contributed by atoms with Crippen LogP contribution in [0.1, 0.15) is 40.5 Å². The molecule has 2 heteroatoms. The first-order valence-corrected chi connectivity index (χ1v) is 6.08. The van der Waals surface area contributed by atoms with E-state index in [1.165, 1.54) is 32.5 Å². The third-order valence-corrected chi connectivity index (χ3v) is 3.51. The number of nitrogens with zero attached hydrogens (tertiary/aromatic N) is 1. The van der Waals surface area contributed by atoms with Gasteiger partial charge in [-0.1, -0.05) is 13.8 Å². The van der Waals surface area contributed by atoms with Crippen molar-refractivity contribution in [3.8, 4) is 0 Å². The second-order valence-corrected chi connectivity index (χ2v) is 5.02. The lowest BCUT2D eigenvalue weighted by molar-refractivity contribution is 0.150. The molecule has 1 rings (SSSR count). The lowest BCUT2D eigenvalue weighted by Crippen LogP contribution is -2.43. The molecule has 2 unspecified atom stereocenters. The Labute approximate surface area is 89.1 Å². The van der Waals surface area contributed by atoms with Crippen LogP contribution in [-0.2, 0) is 0 Å². The minimum Gasteiger partial charge on any atom is -0.314 e. The van der Waals surface area contributed by atoms with Crippen LogP contribution in [0.25, 0.3) is 0 Å². The maximum absolute atomic E-state index is 3.55. The minimum atomic E-state index is 0.692. The molecule has 1 fully saturated rings. The van der Waals surface area contributed by atoms with Crippen molar-refractivity contribution in [1.82, 2.24) is 10.2 Å². The first kappa shape index (κ1) is 12.0. The van der Waals surface area contributed by atoms with Gasteiger partial charge in [0.25, 0.3) is 0 Å². The average molecular weight is 198 g/mol. The third kappa shape index (κ3) is 3.58. The van der Waals surface area contributed by atoms with Gasteiger partial charge in [-0.15, -0.1) is 0 Å². The molecule has 1 aliphatic heterocycles. The van der Waals surface area contributed by atoms with Crippen LogP contribution in [0, 0.1) is 5.92 Å². The van der Waals surface area contributed by atoms with Crippen LogP contribution in [-0.4, -0.2) is 36.6 Å². The van der Waals surface area contributed by atoms with E-state index in [1.807, 2.05) is 0 Å². The van der Waals surface area contributed by atoms with Crippen molar-refractivity contribution in [2.24, 2.45) is 5.92 Å². The van der Waals surface area contributed by atoms with Crippen molar-refractivity contribution in [2.75, 3.05) is 19.6 Å². The summed E-state index contributed by atoms with van der Waals surface area (Å²) in [6.45, 7) is 13.0. The largest absolute Gasteiger partial charge is 0.314 e. The molecule has 0 aromatic heterocycles. The van der Waals surface area contributed by atoms with E-state index in [1.54, 1.807) is 0 Å². The van der Waals surface area contributed by atoms with Gasteiger partial charge in [0.15, 0.2) is 0 Å². The normalized spacial score (nSPS) is 28.5. The molecule has 14 heavy (non-hydrogen) atoms. The zero-order valence-electron chi connectivity index (χ0n) is 10.2. The molecule has 0 radical (unpaired) electrons. The highest BCUT2D eigenvalue weighted by molar-refractivity contribution is 4.75. The maximum atomic E-state index is 3.55. The van der Waals surface area contributed by atoms with Crippen LogP contribution < -0.4 is 5.32 Å². The molecule has 0 saturated carbocycles. The van der Waals surface area contributed by atoms with Gasteiger partial charge in [-0.3, -0.25) is 0 Å². The fourth-order valence-electron chi connectivity index (χ4n) is 2.03. The zero-order valence-corrected chi connectivity index (χ0v) is 10.2. The van der Waals surface area contributed by atoms with Gasteiger partial charge in [0.2, 0.25) is 0 Å². The van der Waals surface area contributed by atoms with E-state index in [-0.39, 0.29) is 0 Å². The van der Waals surface area contributed by atoms with E-state index in [2.05, 4.69) is 37.9 Å². The minimum absolute atomic E-state index is 0.692. The molecule has 1 saturated heterocycles. The van der Waals surface area contributed by atoms with Gasteiger partial charge in [0.05, 0.1) is 0 Å². The Kier molecular flexibility index (Phi) is 4.90. The Bertz CT molecular complexity index is 156.